The van der Waals surface area contributed by atoms with Crippen LogP contribution in [0, 0.1) is 0 Å². The number of likely N-dealkylation sites (tertiary alicyclic amines) is 1. The maximum absolute atomic E-state index is 5.43. The molecule has 0 saturated carbocycles. The van der Waals surface area contributed by atoms with E-state index >= 15 is 0 Å². The van der Waals surface area contributed by atoms with Gasteiger partial charge in [0, 0.05) is 32.7 Å². The van der Waals surface area contributed by atoms with Crippen LogP contribution in [0.25, 0.3) is 0 Å². The predicted molar refractivity (Wildman–Crippen MR) is 101 cm³/mol. The number of benzene rings is 1. The molecule has 1 saturated heterocycles. The Hall–Kier alpha value is -1.95. The van der Waals surface area contributed by atoms with E-state index in [0.717, 1.165) is 30.4 Å². The lowest BCUT2D eigenvalue weighted by Gasteiger charge is -2.32. The van der Waals surface area contributed by atoms with E-state index in [1.54, 1.807) is 0 Å². The first-order chi connectivity index (χ1) is 12.3. The third kappa shape index (κ3) is 5.01. The van der Waals surface area contributed by atoms with Gasteiger partial charge in [0.05, 0.1) is 0 Å². The number of fused-ring (bicyclic) bond motifs is 1. The number of hydrogen-bond acceptors (Lipinski definition) is 4. The van der Waals surface area contributed by atoms with E-state index in [-0.39, 0.29) is 0 Å². The molecule has 1 aromatic rings. The second kappa shape index (κ2) is 8.94. The van der Waals surface area contributed by atoms with Crippen molar-refractivity contribution in [1.29, 1.82) is 0 Å². The molecular formula is C19H30N4O2. The molecule has 138 valence electrons. The Balaban J connectivity index is 1.39. The molecule has 2 N–H and O–H groups in total. The van der Waals surface area contributed by atoms with Gasteiger partial charge in [0.25, 0.3) is 0 Å². The van der Waals surface area contributed by atoms with Crippen LogP contribution in [0.2, 0.25) is 0 Å². The molecule has 2 aliphatic rings. The van der Waals surface area contributed by atoms with E-state index in [1.165, 1.54) is 44.5 Å². The number of ether oxygens (including phenoxy) is 2. The maximum Gasteiger partial charge on any atom is 0.231 e. The molecule has 0 aromatic heterocycles. The van der Waals surface area contributed by atoms with Gasteiger partial charge < -0.3 is 25.0 Å². The largest absolute Gasteiger partial charge is 0.454 e. The van der Waals surface area contributed by atoms with Crippen LogP contribution in [0.3, 0.4) is 0 Å². The Bertz CT molecular complexity index is 583. The van der Waals surface area contributed by atoms with E-state index in [0.29, 0.717) is 12.8 Å². The molecule has 6 nitrogen and oxygen atoms in total. The molecule has 0 aliphatic carbocycles. The van der Waals surface area contributed by atoms with Crippen molar-refractivity contribution in [3.8, 4) is 11.5 Å². The third-order valence-corrected chi connectivity index (χ3v) is 4.83. The van der Waals surface area contributed by atoms with Crippen LogP contribution < -0.4 is 20.1 Å². The topological polar surface area (TPSA) is 58.1 Å². The van der Waals surface area contributed by atoms with Crippen LogP contribution in [-0.4, -0.2) is 56.9 Å². The van der Waals surface area contributed by atoms with Crippen LogP contribution in [0.15, 0.2) is 23.2 Å². The standard InChI is InChI=1S/C19H30N4O2/c1-3-10-23-11-7-16(8-12-23)22-19(20-2)21-9-6-15-4-5-17-18(13-15)25-14-24-17/h4-5,13,16H,3,6-12,14H2,1-2H3,(H2,20,21,22). The van der Waals surface area contributed by atoms with Crippen molar-refractivity contribution in [2.45, 2.75) is 38.6 Å². The van der Waals surface area contributed by atoms with E-state index in [1.807, 2.05) is 13.1 Å². The van der Waals surface area contributed by atoms with Crippen molar-refractivity contribution in [1.82, 2.24) is 15.5 Å². The Morgan fingerprint density at radius 3 is 2.80 bits per heavy atom. The van der Waals surface area contributed by atoms with Gasteiger partial charge >= 0.3 is 0 Å². The summed E-state index contributed by atoms with van der Waals surface area (Å²) in [5.41, 5.74) is 1.24. The summed E-state index contributed by atoms with van der Waals surface area (Å²) < 4.78 is 10.8. The van der Waals surface area contributed by atoms with Crippen molar-refractivity contribution in [2.24, 2.45) is 4.99 Å². The number of rotatable bonds is 6. The van der Waals surface area contributed by atoms with Crippen LogP contribution in [0.4, 0.5) is 0 Å². The highest BCUT2D eigenvalue weighted by molar-refractivity contribution is 5.79. The van der Waals surface area contributed by atoms with Crippen molar-refractivity contribution in [3.63, 3.8) is 0 Å². The Morgan fingerprint density at radius 2 is 2.04 bits per heavy atom. The number of nitrogens with zero attached hydrogens (tertiary/aromatic N) is 2. The molecule has 25 heavy (non-hydrogen) atoms. The molecule has 6 heteroatoms. The second-order valence-electron chi connectivity index (χ2n) is 6.70. The lowest BCUT2D eigenvalue weighted by atomic mass is 10.1. The first kappa shape index (κ1) is 17.9. The summed E-state index contributed by atoms with van der Waals surface area (Å²) in [4.78, 5) is 6.91. The fourth-order valence-electron chi connectivity index (χ4n) is 3.43. The summed E-state index contributed by atoms with van der Waals surface area (Å²) in [6.07, 6.45) is 4.53. The second-order valence-corrected chi connectivity index (χ2v) is 6.70. The summed E-state index contributed by atoms with van der Waals surface area (Å²) in [6.45, 7) is 6.99. The van der Waals surface area contributed by atoms with Crippen molar-refractivity contribution < 1.29 is 9.47 Å². The lowest BCUT2D eigenvalue weighted by Crippen LogP contribution is -2.49. The average molecular weight is 346 g/mol. The lowest BCUT2D eigenvalue weighted by molar-refractivity contribution is 0.174. The molecule has 0 atom stereocenters. The number of aliphatic imine (C=N–C) groups is 1. The van der Waals surface area contributed by atoms with Gasteiger partial charge in [-0.3, -0.25) is 4.99 Å². The highest BCUT2D eigenvalue weighted by Crippen LogP contribution is 2.32. The smallest absolute Gasteiger partial charge is 0.231 e. The van der Waals surface area contributed by atoms with E-state index < -0.39 is 0 Å². The average Bonchev–Trinajstić information content (AvgIpc) is 3.10. The first-order valence-corrected chi connectivity index (χ1v) is 9.36. The molecular weight excluding hydrogens is 316 g/mol. The Labute approximate surface area is 150 Å². The predicted octanol–water partition coefficient (Wildman–Crippen LogP) is 2.00. The zero-order valence-electron chi connectivity index (χ0n) is 15.4. The summed E-state index contributed by atoms with van der Waals surface area (Å²) >= 11 is 0. The Morgan fingerprint density at radius 1 is 1.24 bits per heavy atom. The molecule has 0 unspecified atom stereocenters. The minimum Gasteiger partial charge on any atom is -0.454 e. The van der Waals surface area contributed by atoms with Crippen LogP contribution in [-0.2, 0) is 6.42 Å². The Kier molecular flexibility index (Phi) is 6.39. The van der Waals surface area contributed by atoms with Crippen LogP contribution >= 0.6 is 0 Å². The van der Waals surface area contributed by atoms with Gasteiger partial charge in [-0.15, -0.1) is 0 Å². The summed E-state index contributed by atoms with van der Waals surface area (Å²) in [7, 11) is 1.84. The molecule has 1 fully saturated rings. The number of guanidine groups is 1. The van der Waals surface area contributed by atoms with Crippen molar-refractivity contribution in [2.75, 3.05) is 40.0 Å². The highest BCUT2D eigenvalue weighted by Gasteiger charge is 2.19. The van der Waals surface area contributed by atoms with Gasteiger partial charge in [-0.1, -0.05) is 13.0 Å². The first-order valence-electron chi connectivity index (χ1n) is 9.36. The highest BCUT2D eigenvalue weighted by atomic mass is 16.7. The van der Waals surface area contributed by atoms with Gasteiger partial charge in [-0.05, 0) is 49.9 Å². The molecule has 0 spiro atoms. The fourth-order valence-corrected chi connectivity index (χ4v) is 3.43. The van der Waals surface area contributed by atoms with E-state index in [2.05, 4.69) is 39.6 Å². The maximum atomic E-state index is 5.43. The van der Waals surface area contributed by atoms with Crippen LogP contribution in [0.1, 0.15) is 31.7 Å². The summed E-state index contributed by atoms with van der Waals surface area (Å²) in [6, 6.07) is 6.65. The summed E-state index contributed by atoms with van der Waals surface area (Å²) in [5, 5.41) is 6.99. The molecule has 0 amide bonds. The minimum atomic E-state index is 0.324. The molecule has 1 aromatic carbocycles. The van der Waals surface area contributed by atoms with Crippen LogP contribution in [0.5, 0.6) is 11.5 Å². The minimum absolute atomic E-state index is 0.324. The molecule has 3 rings (SSSR count). The molecule has 0 bridgehead atoms. The van der Waals surface area contributed by atoms with Crippen molar-refractivity contribution >= 4 is 5.96 Å². The third-order valence-electron chi connectivity index (χ3n) is 4.83. The number of nitrogens with one attached hydrogen (secondary N) is 2. The number of hydrogen-bond donors (Lipinski definition) is 2. The zero-order chi connectivity index (χ0) is 17.5. The monoisotopic (exact) mass is 346 g/mol. The van der Waals surface area contributed by atoms with E-state index in [4.69, 9.17) is 9.47 Å². The van der Waals surface area contributed by atoms with Gasteiger partial charge in [-0.25, -0.2) is 0 Å². The quantitative estimate of drug-likeness (QED) is 0.609. The zero-order valence-corrected chi connectivity index (χ0v) is 15.4. The SMILES string of the molecule is CCCN1CCC(NC(=NC)NCCc2ccc3c(c2)OCO3)CC1. The fraction of sp³-hybridized carbons (Fsp3) is 0.632. The van der Waals surface area contributed by atoms with Gasteiger partial charge in [-0.2, -0.15) is 0 Å². The number of piperidine rings is 1. The molecule has 2 heterocycles. The molecule has 2 aliphatic heterocycles. The van der Waals surface area contributed by atoms with Crippen molar-refractivity contribution in [3.05, 3.63) is 23.8 Å². The van der Waals surface area contributed by atoms with Gasteiger partial charge in [0.15, 0.2) is 17.5 Å². The molecule has 0 radical (unpaired) electrons. The van der Waals surface area contributed by atoms with E-state index in [9.17, 15) is 0 Å². The normalized spacial score (nSPS) is 18.4. The van der Waals surface area contributed by atoms with Gasteiger partial charge in [0.2, 0.25) is 6.79 Å². The van der Waals surface area contributed by atoms with Gasteiger partial charge in [0.1, 0.15) is 0 Å². The summed E-state index contributed by atoms with van der Waals surface area (Å²) in [5.74, 6) is 2.58.